The van der Waals surface area contributed by atoms with Crippen molar-refractivity contribution in [3.8, 4) is 11.5 Å². The van der Waals surface area contributed by atoms with E-state index in [0.29, 0.717) is 12.1 Å². The lowest BCUT2D eigenvalue weighted by atomic mass is 10.1. The molecular formula is C13H17N3O2. The molecule has 1 aromatic carbocycles. The summed E-state index contributed by atoms with van der Waals surface area (Å²) in [5, 5.41) is 29.3. The molecule has 2 aromatic rings. The third kappa shape index (κ3) is 2.62. The maximum atomic E-state index is 9.75. The van der Waals surface area contributed by atoms with E-state index in [9.17, 15) is 10.2 Å². The number of nitrogens with zero attached hydrogens (tertiary/aromatic N) is 1. The van der Waals surface area contributed by atoms with Crippen LogP contribution in [0.1, 0.15) is 29.8 Å². The average Bonchev–Trinajstić information content (AvgIpc) is 2.75. The van der Waals surface area contributed by atoms with E-state index in [1.807, 2.05) is 13.8 Å². The van der Waals surface area contributed by atoms with Crippen LogP contribution in [0, 0.1) is 6.92 Å². The maximum Gasteiger partial charge on any atom is 0.120 e. The maximum absolute atomic E-state index is 9.75. The van der Waals surface area contributed by atoms with Crippen molar-refractivity contribution in [2.75, 3.05) is 0 Å². The molecule has 1 unspecified atom stereocenters. The van der Waals surface area contributed by atoms with E-state index >= 15 is 0 Å². The zero-order chi connectivity index (χ0) is 13.1. The Balaban J connectivity index is 2.06. The van der Waals surface area contributed by atoms with E-state index in [4.69, 9.17) is 0 Å². The lowest BCUT2D eigenvalue weighted by molar-refractivity contribution is 0.440. The van der Waals surface area contributed by atoms with Gasteiger partial charge in [0.1, 0.15) is 11.5 Å². The van der Waals surface area contributed by atoms with Crippen molar-refractivity contribution in [1.82, 2.24) is 15.5 Å². The second-order valence-corrected chi connectivity index (χ2v) is 4.37. The van der Waals surface area contributed by atoms with Gasteiger partial charge < -0.3 is 15.5 Å². The fourth-order valence-corrected chi connectivity index (χ4v) is 1.82. The third-order valence-electron chi connectivity index (χ3n) is 3.01. The van der Waals surface area contributed by atoms with E-state index in [2.05, 4.69) is 15.5 Å². The molecule has 0 aliphatic carbocycles. The fourth-order valence-electron chi connectivity index (χ4n) is 1.82. The second-order valence-electron chi connectivity index (χ2n) is 4.37. The van der Waals surface area contributed by atoms with Crippen LogP contribution in [0.15, 0.2) is 24.4 Å². The quantitative estimate of drug-likeness (QED) is 0.623. The summed E-state index contributed by atoms with van der Waals surface area (Å²) in [7, 11) is 0. The molecule has 5 heteroatoms. The number of phenolic OH excluding ortho intramolecular Hbond substituents is 2. The largest absolute Gasteiger partial charge is 0.508 e. The molecule has 2 rings (SSSR count). The minimum atomic E-state index is -0.0635. The first kappa shape index (κ1) is 12.4. The SMILES string of the molecule is Cc1[nH]ncc1CNC(C)c1cc(O)ccc1O. The van der Waals surface area contributed by atoms with Crippen LogP contribution in [-0.4, -0.2) is 20.4 Å². The summed E-state index contributed by atoms with van der Waals surface area (Å²) >= 11 is 0. The van der Waals surface area contributed by atoms with Crippen LogP contribution in [-0.2, 0) is 6.54 Å². The zero-order valence-corrected chi connectivity index (χ0v) is 10.4. The predicted molar refractivity (Wildman–Crippen MR) is 68.4 cm³/mol. The number of benzene rings is 1. The summed E-state index contributed by atoms with van der Waals surface area (Å²) in [6.07, 6.45) is 1.78. The second kappa shape index (κ2) is 5.10. The number of hydrogen-bond acceptors (Lipinski definition) is 4. The van der Waals surface area contributed by atoms with Gasteiger partial charge in [0.25, 0.3) is 0 Å². The van der Waals surface area contributed by atoms with Gasteiger partial charge in [-0.2, -0.15) is 5.10 Å². The van der Waals surface area contributed by atoms with Crippen LogP contribution in [0.3, 0.4) is 0 Å². The number of hydrogen-bond donors (Lipinski definition) is 4. The molecule has 1 aromatic heterocycles. The molecule has 0 aliphatic heterocycles. The van der Waals surface area contributed by atoms with Gasteiger partial charge in [0.15, 0.2) is 0 Å². The Morgan fingerprint density at radius 1 is 1.39 bits per heavy atom. The predicted octanol–water partition coefficient (Wildman–Crippen LogP) is 1.98. The summed E-state index contributed by atoms with van der Waals surface area (Å²) in [6, 6.07) is 4.46. The first-order valence-corrected chi connectivity index (χ1v) is 5.82. The molecule has 0 bridgehead atoms. The highest BCUT2D eigenvalue weighted by atomic mass is 16.3. The normalized spacial score (nSPS) is 12.6. The molecule has 1 heterocycles. The van der Waals surface area contributed by atoms with Crippen molar-refractivity contribution < 1.29 is 10.2 Å². The van der Waals surface area contributed by atoms with Crippen molar-refractivity contribution in [1.29, 1.82) is 0 Å². The van der Waals surface area contributed by atoms with Gasteiger partial charge in [0.2, 0.25) is 0 Å². The van der Waals surface area contributed by atoms with E-state index < -0.39 is 0 Å². The smallest absolute Gasteiger partial charge is 0.120 e. The third-order valence-corrected chi connectivity index (χ3v) is 3.01. The number of aromatic amines is 1. The van der Waals surface area contributed by atoms with Crippen molar-refractivity contribution >= 4 is 0 Å². The highest BCUT2D eigenvalue weighted by Crippen LogP contribution is 2.27. The van der Waals surface area contributed by atoms with Crippen LogP contribution in [0.25, 0.3) is 0 Å². The van der Waals surface area contributed by atoms with E-state index in [0.717, 1.165) is 11.3 Å². The molecule has 0 radical (unpaired) electrons. The first-order valence-electron chi connectivity index (χ1n) is 5.82. The van der Waals surface area contributed by atoms with Crippen molar-refractivity contribution in [2.24, 2.45) is 0 Å². The van der Waals surface area contributed by atoms with Crippen LogP contribution in [0.2, 0.25) is 0 Å². The fraction of sp³-hybridized carbons (Fsp3) is 0.308. The van der Waals surface area contributed by atoms with Crippen molar-refractivity contribution in [3.05, 3.63) is 41.2 Å². The standard InChI is InChI=1S/C13H17N3O2/c1-8-10(7-15-16-8)6-14-9(2)12-5-11(17)3-4-13(12)18/h3-5,7,9,14,17-18H,6H2,1-2H3,(H,15,16). The van der Waals surface area contributed by atoms with E-state index in [-0.39, 0.29) is 17.5 Å². The lowest BCUT2D eigenvalue weighted by Gasteiger charge is -2.15. The molecule has 96 valence electrons. The minimum Gasteiger partial charge on any atom is -0.508 e. The number of aryl methyl sites for hydroxylation is 1. The number of phenols is 2. The molecule has 0 spiro atoms. The molecule has 0 saturated carbocycles. The van der Waals surface area contributed by atoms with E-state index in [1.54, 1.807) is 12.3 Å². The van der Waals surface area contributed by atoms with Gasteiger partial charge in [-0.3, -0.25) is 5.10 Å². The van der Waals surface area contributed by atoms with Crippen LogP contribution < -0.4 is 5.32 Å². The molecule has 4 N–H and O–H groups in total. The van der Waals surface area contributed by atoms with Gasteiger partial charge in [-0.25, -0.2) is 0 Å². The Kier molecular flexibility index (Phi) is 3.53. The van der Waals surface area contributed by atoms with Crippen LogP contribution in [0.4, 0.5) is 0 Å². The number of H-pyrrole nitrogens is 1. The molecule has 0 amide bonds. The van der Waals surface area contributed by atoms with Gasteiger partial charge in [0.05, 0.1) is 6.20 Å². The summed E-state index contributed by atoms with van der Waals surface area (Å²) in [6.45, 7) is 4.54. The Morgan fingerprint density at radius 3 is 2.83 bits per heavy atom. The summed E-state index contributed by atoms with van der Waals surface area (Å²) in [5.74, 6) is 0.327. The Bertz CT molecular complexity index is 537. The van der Waals surface area contributed by atoms with Crippen molar-refractivity contribution in [3.63, 3.8) is 0 Å². The van der Waals surface area contributed by atoms with Gasteiger partial charge in [-0.15, -0.1) is 0 Å². The van der Waals surface area contributed by atoms with E-state index in [1.165, 1.54) is 12.1 Å². The molecule has 1 atom stereocenters. The first-order chi connectivity index (χ1) is 8.58. The van der Waals surface area contributed by atoms with Gasteiger partial charge >= 0.3 is 0 Å². The number of nitrogens with one attached hydrogen (secondary N) is 2. The zero-order valence-electron chi connectivity index (χ0n) is 10.4. The molecule has 18 heavy (non-hydrogen) atoms. The summed E-state index contributed by atoms with van der Waals surface area (Å²) < 4.78 is 0. The Labute approximate surface area is 105 Å². The molecule has 0 aliphatic rings. The Hall–Kier alpha value is -2.01. The van der Waals surface area contributed by atoms with Gasteiger partial charge in [-0.05, 0) is 32.0 Å². The Morgan fingerprint density at radius 2 is 2.17 bits per heavy atom. The van der Waals surface area contributed by atoms with Gasteiger partial charge in [0, 0.05) is 29.4 Å². The molecular weight excluding hydrogens is 230 g/mol. The minimum absolute atomic E-state index is 0.0635. The monoisotopic (exact) mass is 247 g/mol. The van der Waals surface area contributed by atoms with Crippen LogP contribution >= 0.6 is 0 Å². The average molecular weight is 247 g/mol. The number of aromatic nitrogens is 2. The number of rotatable bonds is 4. The molecule has 0 fully saturated rings. The van der Waals surface area contributed by atoms with Crippen molar-refractivity contribution in [2.45, 2.75) is 26.4 Å². The highest BCUT2D eigenvalue weighted by molar-refractivity contribution is 5.40. The molecule has 0 saturated heterocycles. The number of aromatic hydroxyl groups is 2. The lowest BCUT2D eigenvalue weighted by Crippen LogP contribution is -2.18. The van der Waals surface area contributed by atoms with Gasteiger partial charge in [-0.1, -0.05) is 0 Å². The summed E-state index contributed by atoms with van der Waals surface area (Å²) in [4.78, 5) is 0. The topological polar surface area (TPSA) is 81.2 Å². The highest BCUT2D eigenvalue weighted by Gasteiger charge is 2.11. The van der Waals surface area contributed by atoms with Crippen LogP contribution in [0.5, 0.6) is 11.5 Å². The summed E-state index contributed by atoms with van der Waals surface area (Å²) in [5.41, 5.74) is 2.78. The molecule has 5 nitrogen and oxygen atoms in total.